The van der Waals surface area contributed by atoms with Gasteiger partial charge in [0, 0.05) is 18.7 Å². The average molecular weight is 391 g/mol. The Kier molecular flexibility index (Phi) is 5.68. The molecule has 1 saturated heterocycles. The summed E-state index contributed by atoms with van der Waals surface area (Å²) in [6.45, 7) is 2.68. The van der Waals surface area contributed by atoms with Gasteiger partial charge in [-0.2, -0.15) is 5.10 Å². The quantitative estimate of drug-likeness (QED) is 0.822. The monoisotopic (exact) mass is 390 g/mol. The number of nitrogens with one attached hydrogen (secondary N) is 2. The molecule has 0 aliphatic carbocycles. The molecule has 1 aromatic heterocycles. The second-order valence-corrected chi connectivity index (χ2v) is 7.05. The Morgan fingerprint density at radius 3 is 2.71 bits per heavy atom. The minimum atomic E-state index is 0.0311. The highest BCUT2D eigenvalue weighted by Crippen LogP contribution is 2.30. The van der Waals surface area contributed by atoms with Crippen molar-refractivity contribution in [1.82, 2.24) is 20.4 Å². The van der Waals surface area contributed by atoms with Gasteiger partial charge in [-0.1, -0.05) is 30.3 Å². The van der Waals surface area contributed by atoms with Crippen LogP contribution < -0.4 is 5.32 Å². The predicted molar refractivity (Wildman–Crippen MR) is 98.9 cm³/mol. The third kappa shape index (κ3) is 3.70. The number of amides is 1. The first-order valence-electron chi connectivity index (χ1n) is 8.44. The molecule has 1 aliphatic rings. The van der Waals surface area contributed by atoms with Crippen LogP contribution >= 0.6 is 15.9 Å². The standard InChI is InChI=1S/C18H23BrN4O/c1-20-10-7-13-8-11-23(12-9-13)18(24)17-15(19)16(21-22-17)14-5-3-2-4-6-14/h2-6,13,20H,7-12H2,1H3,(H,21,22). The SMILES string of the molecule is CNCCC1CCN(C(=O)c2[nH]nc(-c3ccccc3)c2Br)CC1. The Morgan fingerprint density at radius 1 is 1.33 bits per heavy atom. The summed E-state index contributed by atoms with van der Waals surface area (Å²) in [6.07, 6.45) is 3.33. The number of H-pyrrole nitrogens is 1. The van der Waals surface area contributed by atoms with Crippen molar-refractivity contribution in [2.75, 3.05) is 26.7 Å². The zero-order valence-corrected chi connectivity index (χ0v) is 15.5. The third-order valence-electron chi connectivity index (χ3n) is 4.67. The minimum Gasteiger partial charge on any atom is -0.337 e. The lowest BCUT2D eigenvalue weighted by Crippen LogP contribution is -2.39. The number of carbonyl (C=O) groups is 1. The molecule has 0 saturated carbocycles. The van der Waals surface area contributed by atoms with E-state index in [-0.39, 0.29) is 5.91 Å². The molecule has 6 heteroatoms. The van der Waals surface area contributed by atoms with Gasteiger partial charge in [0.05, 0.1) is 4.47 Å². The number of hydrogen-bond acceptors (Lipinski definition) is 3. The van der Waals surface area contributed by atoms with E-state index in [1.54, 1.807) is 0 Å². The normalized spacial score (nSPS) is 15.7. The molecule has 2 heterocycles. The highest BCUT2D eigenvalue weighted by Gasteiger charge is 2.27. The molecule has 0 radical (unpaired) electrons. The van der Waals surface area contributed by atoms with Crippen LogP contribution in [-0.4, -0.2) is 47.7 Å². The number of hydrogen-bond donors (Lipinski definition) is 2. The van der Waals surface area contributed by atoms with Gasteiger partial charge in [0.15, 0.2) is 0 Å². The van der Waals surface area contributed by atoms with Crippen LogP contribution in [-0.2, 0) is 0 Å². The van der Waals surface area contributed by atoms with Crippen molar-refractivity contribution in [2.45, 2.75) is 19.3 Å². The summed E-state index contributed by atoms with van der Waals surface area (Å²) >= 11 is 3.55. The van der Waals surface area contributed by atoms with Gasteiger partial charge in [-0.15, -0.1) is 0 Å². The molecular weight excluding hydrogens is 368 g/mol. The zero-order valence-electron chi connectivity index (χ0n) is 13.9. The molecular formula is C18H23BrN4O. The number of piperidine rings is 1. The summed E-state index contributed by atoms with van der Waals surface area (Å²) in [5.41, 5.74) is 2.32. The van der Waals surface area contributed by atoms with Crippen molar-refractivity contribution in [3.63, 3.8) is 0 Å². The largest absolute Gasteiger partial charge is 0.337 e. The molecule has 2 aromatic rings. The minimum absolute atomic E-state index is 0.0311. The molecule has 0 spiro atoms. The fraction of sp³-hybridized carbons (Fsp3) is 0.444. The highest BCUT2D eigenvalue weighted by atomic mass is 79.9. The van der Waals surface area contributed by atoms with E-state index in [1.807, 2.05) is 42.3 Å². The van der Waals surface area contributed by atoms with Gasteiger partial charge in [0.1, 0.15) is 11.4 Å². The van der Waals surface area contributed by atoms with Crippen LogP contribution in [0.1, 0.15) is 29.8 Å². The van der Waals surface area contributed by atoms with Gasteiger partial charge >= 0.3 is 0 Å². The van der Waals surface area contributed by atoms with Crippen molar-refractivity contribution in [3.8, 4) is 11.3 Å². The molecule has 0 unspecified atom stereocenters. The van der Waals surface area contributed by atoms with Gasteiger partial charge in [-0.25, -0.2) is 0 Å². The zero-order chi connectivity index (χ0) is 16.9. The number of likely N-dealkylation sites (tertiary alicyclic amines) is 1. The van der Waals surface area contributed by atoms with E-state index in [9.17, 15) is 4.79 Å². The lowest BCUT2D eigenvalue weighted by atomic mass is 9.93. The molecule has 5 nitrogen and oxygen atoms in total. The molecule has 0 atom stereocenters. The number of aromatic nitrogens is 2. The number of carbonyl (C=O) groups excluding carboxylic acids is 1. The molecule has 1 amide bonds. The van der Waals surface area contributed by atoms with E-state index >= 15 is 0 Å². The number of halogens is 1. The fourth-order valence-electron chi connectivity index (χ4n) is 3.19. The van der Waals surface area contributed by atoms with Crippen molar-refractivity contribution in [1.29, 1.82) is 0 Å². The predicted octanol–water partition coefficient (Wildman–Crippen LogP) is 3.30. The second-order valence-electron chi connectivity index (χ2n) is 6.26. The second kappa shape index (κ2) is 7.94. The smallest absolute Gasteiger partial charge is 0.273 e. The number of benzene rings is 1. The average Bonchev–Trinajstić information content (AvgIpc) is 3.02. The Balaban J connectivity index is 1.67. The molecule has 24 heavy (non-hydrogen) atoms. The molecule has 128 valence electrons. The number of rotatable bonds is 5. The van der Waals surface area contributed by atoms with E-state index in [2.05, 4.69) is 31.4 Å². The van der Waals surface area contributed by atoms with Crippen molar-refractivity contribution >= 4 is 21.8 Å². The Bertz CT molecular complexity index is 678. The summed E-state index contributed by atoms with van der Waals surface area (Å²) in [5.74, 6) is 0.746. The molecule has 1 fully saturated rings. The topological polar surface area (TPSA) is 61.0 Å². The van der Waals surface area contributed by atoms with E-state index in [1.165, 1.54) is 6.42 Å². The van der Waals surface area contributed by atoms with Gasteiger partial charge < -0.3 is 10.2 Å². The summed E-state index contributed by atoms with van der Waals surface area (Å²) in [5, 5.41) is 10.4. The summed E-state index contributed by atoms with van der Waals surface area (Å²) < 4.78 is 0.746. The first-order valence-corrected chi connectivity index (χ1v) is 9.23. The van der Waals surface area contributed by atoms with Crippen molar-refractivity contribution in [2.24, 2.45) is 5.92 Å². The van der Waals surface area contributed by atoms with Gasteiger partial charge in [0.25, 0.3) is 5.91 Å². The molecule has 2 N–H and O–H groups in total. The maximum absolute atomic E-state index is 12.8. The number of aromatic amines is 1. The van der Waals surface area contributed by atoms with Gasteiger partial charge in [-0.3, -0.25) is 9.89 Å². The number of nitrogens with zero attached hydrogens (tertiary/aromatic N) is 2. The Hall–Kier alpha value is -1.66. The summed E-state index contributed by atoms with van der Waals surface area (Å²) in [6, 6.07) is 9.88. The fourth-order valence-corrected chi connectivity index (χ4v) is 3.76. The van der Waals surface area contributed by atoms with Crippen LogP contribution in [0, 0.1) is 5.92 Å². The summed E-state index contributed by atoms with van der Waals surface area (Å²) in [4.78, 5) is 14.7. The van der Waals surface area contributed by atoms with E-state index in [0.29, 0.717) is 11.6 Å². The van der Waals surface area contributed by atoms with Crippen LogP contribution in [0.25, 0.3) is 11.3 Å². The third-order valence-corrected chi connectivity index (χ3v) is 5.44. The Labute approximate surface area is 151 Å². The van der Waals surface area contributed by atoms with Crippen LogP contribution in [0.3, 0.4) is 0 Å². The van der Waals surface area contributed by atoms with Crippen molar-refractivity contribution in [3.05, 3.63) is 40.5 Å². The van der Waals surface area contributed by atoms with Crippen LogP contribution in [0.15, 0.2) is 34.8 Å². The van der Waals surface area contributed by atoms with Crippen molar-refractivity contribution < 1.29 is 4.79 Å². The van der Waals surface area contributed by atoms with Crippen LogP contribution in [0.2, 0.25) is 0 Å². The maximum atomic E-state index is 12.8. The Morgan fingerprint density at radius 2 is 2.04 bits per heavy atom. The first kappa shape index (κ1) is 17.2. The van der Waals surface area contributed by atoms with Gasteiger partial charge in [0.2, 0.25) is 0 Å². The van der Waals surface area contributed by atoms with E-state index in [4.69, 9.17) is 0 Å². The maximum Gasteiger partial charge on any atom is 0.273 e. The molecule has 0 bridgehead atoms. The highest BCUT2D eigenvalue weighted by molar-refractivity contribution is 9.10. The van der Waals surface area contributed by atoms with Gasteiger partial charge in [-0.05, 0) is 54.7 Å². The molecule has 3 rings (SSSR count). The lowest BCUT2D eigenvalue weighted by molar-refractivity contribution is 0.0680. The van der Waals surface area contributed by atoms with E-state index < -0.39 is 0 Å². The molecule has 1 aromatic carbocycles. The van der Waals surface area contributed by atoms with Crippen LogP contribution in [0.5, 0.6) is 0 Å². The van der Waals surface area contributed by atoms with E-state index in [0.717, 1.165) is 48.2 Å². The first-order chi connectivity index (χ1) is 11.7. The lowest BCUT2D eigenvalue weighted by Gasteiger charge is -2.31. The van der Waals surface area contributed by atoms with Crippen LogP contribution in [0.4, 0.5) is 0 Å². The summed E-state index contributed by atoms with van der Waals surface area (Å²) in [7, 11) is 1.98. The molecule has 1 aliphatic heterocycles.